The first-order chi connectivity index (χ1) is 5.74. The predicted octanol–water partition coefficient (Wildman–Crippen LogP) is 0.00430. The number of nitrogens with zero attached hydrogens (tertiary/aromatic N) is 1. The van der Waals surface area contributed by atoms with Crippen LogP contribution < -0.4 is 5.73 Å². The van der Waals surface area contributed by atoms with Gasteiger partial charge in [-0.1, -0.05) is 0 Å². The molecule has 0 aromatic carbocycles. The van der Waals surface area contributed by atoms with Gasteiger partial charge in [-0.05, 0) is 13.0 Å². The summed E-state index contributed by atoms with van der Waals surface area (Å²) >= 11 is 0. The van der Waals surface area contributed by atoms with Crippen LogP contribution in [0.15, 0.2) is 0 Å². The molecule has 0 radical (unpaired) electrons. The lowest BCUT2D eigenvalue weighted by Crippen LogP contribution is -2.45. The molecule has 78 valence electrons. The minimum Gasteiger partial charge on any atom is -0.374 e. The lowest BCUT2D eigenvalue weighted by Gasteiger charge is -2.32. The van der Waals surface area contributed by atoms with Gasteiger partial charge in [0.1, 0.15) is 0 Å². The van der Waals surface area contributed by atoms with Gasteiger partial charge in [0.15, 0.2) is 0 Å². The maximum absolute atomic E-state index is 11.0. The van der Waals surface area contributed by atoms with E-state index >= 15 is 0 Å². The molecule has 2 N–H and O–H groups in total. The summed E-state index contributed by atoms with van der Waals surface area (Å²) < 4.78 is 5.42. The van der Waals surface area contributed by atoms with Gasteiger partial charge in [-0.3, -0.25) is 4.79 Å². The quantitative estimate of drug-likeness (QED) is 0.696. The zero-order valence-electron chi connectivity index (χ0n) is 7.86. The van der Waals surface area contributed by atoms with Crippen LogP contribution in [0.3, 0.4) is 0 Å². The number of carbonyl (C=O) groups excluding carboxylic acids is 1. The van der Waals surface area contributed by atoms with E-state index in [1.807, 2.05) is 4.90 Å². The van der Waals surface area contributed by atoms with E-state index in [0.717, 1.165) is 13.0 Å². The smallest absolute Gasteiger partial charge is 0.219 e. The summed E-state index contributed by atoms with van der Waals surface area (Å²) in [6.45, 7) is 4.27. The number of ether oxygens (including phenoxy) is 1. The average molecular weight is 209 g/mol. The lowest BCUT2D eigenvalue weighted by molar-refractivity contribution is -0.136. The monoisotopic (exact) mass is 208 g/mol. The largest absolute Gasteiger partial charge is 0.374 e. The van der Waals surface area contributed by atoms with Crippen molar-refractivity contribution in [1.29, 1.82) is 0 Å². The number of nitrogens with two attached hydrogens (primary N) is 1. The summed E-state index contributed by atoms with van der Waals surface area (Å²) in [5.74, 6) is 0.125. The van der Waals surface area contributed by atoms with Crippen molar-refractivity contribution < 1.29 is 9.53 Å². The Labute approximate surface area is 84.8 Å². The van der Waals surface area contributed by atoms with Crippen LogP contribution >= 0.6 is 12.4 Å². The topological polar surface area (TPSA) is 55.6 Å². The number of hydrogen-bond acceptors (Lipinski definition) is 3. The number of hydrogen-bond donors (Lipinski definition) is 1. The Morgan fingerprint density at radius 2 is 2.38 bits per heavy atom. The highest BCUT2D eigenvalue weighted by Gasteiger charge is 2.20. The van der Waals surface area contributed by atoms with Crippen LogP contribution in [0.25, 0.3) is 0 Å². The number of amides is 1. The number of halogens is 1. The summed E-state index contributed by atoms with van der Waals surface area (Å²) in [5.41, 5.74) is 5.40. The Balaban J connectivity index is 0.00000144. The molecule has 5 heteroatoms. The zero-order valence-corrected chi connectivity index (χ0v) is 8.68. The molecule has 1 fully saturated rings. The van der Waals surface area contributed by atoms with Gasteiger partial charge in [0.05, 0.1) is 12.7 Å². The van der Waals surface area contributed by atoms with Gasteiger partial charge >= 0.3 is 0 Å². The van der Waals surface area contributed by atoms with Gasteiger partial charge in [-0.2, -0.15) is 0 Å². The van der Waals surface area contributed by atoms with Crippen LogP contribution in [-0.4, -0.2) is 43.2 Å². The van der Waals surface area contributed by atoms with E-state index in [9.17, 15) is 4.79 Å². The molecule has 1 amide bonds. The van der Waals surface area contributed by atoms with Crippen LogP contribution in [-0.2, 0) is 9.53 Å². The highest BCUT2D eigenvalue weighted by atomic mass is 35.5. The number of morpholine rings is 1. The molecule has 1 aliphatic rings. The highest BCUT2D eigenvalue weighted by Crippen LogP contribution is 2.07. The molecule has 1 saturated heterocycles. The van der Waals surface area contributed by atoms with E-state index in [1.54, 1.807) is 6.92 Å². The van der Waals surface area contributed by atoms with E-state index in [0.29, 0.717) is 19.7 Å². The molecule has 0 saturated carbocycles. The second-order valence-electron chi connectivity index (χ2n) is 3.04. The van der Waals surface area contributed by atoms with Crippen molar-refractivity contribution in [3.05, 3.63) is 0 Å². The van der Waals surface area contributed by atoms with Crippen LogP contribution in [0.2, 0.25) is 0 Å². The van der Waals surface area contributed by atoms with Gasteiger partial charge in [0.2, 0.25) is 5.91 Å². The van der Waals surface area contributed by atoms with Gasteiger partial charge in [-0.25, -0.2) is 0 Å². The third kappa shape index (κ3) is 3.93. The molecule has 1 atom stereocenters. The lowest BCUT2D eigenvalue weighted by atomic mass is 10.2. The maximum Gasteiger partial charge on any atom is 0.219 e. The summed E-state index contributed by atoms with van der Waals surface area (Å²) in [6, 6.07) is 0. The van der Waals surface area contributed by atoms with E-state index in [1.165, 1.54) is 0 Å². The predicted molar refractivity (Wildman–Crippen MR) is 52.9 cm³/mol. The number of rotatable bonds is 2. The fraction of sp³-hybridized carbons (Fsp3) is 0.875. The van der Waals surface area contributed by atoms with Crippen molar-refractivity contribution in [3.63, 3.8) is 0 Å². The Morgan fingerprint density at radius 1 is 1.69 bits per heavy atom. The van der Waals surface area contributed by atoms with Gasteiger partial charge in [-0.15, -0.1) is 12.4 Å². The van der Waals surface area contributed by atoms with Gasteiger partial charge < -0.3 is 15.4 Å². The molecule has 4 nitrogen and oxygen atoms in total. The third-order valence-electron chi connectivity index (χ3n) is 2.07. The molecule has 0 aromatic heterocycles. The van der Waals surface area contributed by atoms with Crippen LogP contribution in [0.4, 0.5) is 0 Å². The van der Waals surface area contributed by atoms with Gasteiger partial charge in [0, 0.05) is 20.0 Å². The first-order valence-corrected chi connectivity index (χ1v) is 4.31. The fourth-order valence-electron chi connectivity index (χ4n) is 1.37. The maximum atomic E-state index is 11.0. The Hall–Kier alpha value is -0.320. The van der Waals surface area contributed by atoms with Crippen molar-refractivity contribution in [1.82, 2.24) is 4.90 Å². The van der Waals surface area contributed by atoms with E-state index in [2.05, 4.69) is 0 Å². The first kappa shape index (κ1) is 12.7. The van der Waals surface area contributed by atoms with Crippen molar-refractivity contribution in [3.8, 4) is 0 Å². The summed E-state index contributed by atoms with van der Waals surface area (Å²) in [6.07, 6.45) is 0.983. The first-order valence-electron chi connectivity index (χ1n) is 4.31. The van der Waals surface area contributed by atoms with Crippen molar-refractivity contribution in [2.24, 2.45) is 5.73 Å². The second-order valence-corrected chi connectivity index (χ2v) is 3.04. The molecule has 0 aromatic rings. The highest BCUT2D eigenvalue weighted by molar-refractivity contribution is 5.85. The number of carbonyl (C=O) groups is 1. The second kappa shape index (κ2) is 6.18. The van der Waals surface area contributed by atoms with Crippen LogP contribution in [0, 0.1) is 0 Å². The molecule has 1 unspecified atom stereocenters. The Bertz CT molecular complexity index is 164. The molecule has 0 aliphatic carbocycles. The zero-order chi connectivity index (χ0) is 8.97. The molecule has 0 spiro atoms. The standard InChI is InChI=1S/C8H16N2O2.ClH/c1-7(11)10-4-5-12-8(6-10)2-3-9;/h8H,2-6,9H2,1H3;1H. The van der Waals surface area contributed by atoms with Crippen molar-refractivity contribution in [2.75, 3.05) is 26.2 Å². The summed E-state index contributed by atoms with van der Waals surface area (Å²) in [5, 5.41) is 0. The van der Waals surface area contributed by atoms with Crippen LogP contribution in [0.1, 0.15) is 13.3 Å². The minimum absolute atomic E-state index is 0. The average Bonchev–Trinajstić information content (AvgIpc) is 2.05. The summed E-state index contributed by atoms with van der Waals surface area (Å²) in [4.78, 5) is 12.8. The normalized spacial score (nSPS) is 22.3. The molecule has 1 aliphatic heterocycles. The molecule has 1 heterocycles. The van der Waals surface area contributed by atoms with E-state index in [-0.39, 0.29) is 24.4 Å². The molecule has 0 bridgehead atoms. The summed E-state index contributed by atoms with van der Waals surface area (Å²) in [7, 11) is 0. The van der Waals surface area contributed by atoms with Crippen molar-refractivity contribution >= 4 is 18.3 Å². The fourth-order valence-corrected chi connectivity index (χ4v) is 1.37. The van der Waals surface area contributed by atoms with E-state index in [4.69, 9.17) is 10.5 Å². The molecular formula is C8H17ClN2O2. The molecule has 1 rings (SSSR count). The minimum atomic E-state index is 0. The molecular weight excluding hydrogens is 192 g/mol. The van der Waals surface area contributed by atoms with E-state index < -0.39 is 0 Å². The van der Waals surface area contributed by atoms with Crippen LogP contribution in [0.5, 0.6) is 0 Å². The molecule has 13 heavy (non-hydrogen) atoms. The Morgan fingerprint density at radius 3 is 2.92 bits per heavy atom. The Kier molecular flexibility index (Phi) is 6.03. The van der Waals surface area contributed by atoms with Gasteiger partial charge in [0.25, 0.3) is 0 Å². The SMILES string of the molecule is CC(=O)N1CCOC(CCN)C1.Cl. The van der Waals surface area contributed by atoms with Crippen molar-refractivity contribution in [2.45, 2.75) is 19.4 Å². The third-order valence-corrected chi connectivity index (χ3v) is 2.07.